The van der Waals surface area contributed by atoms with Crippen molar-refractivity contribution >= 4 is 0 Å². The van der Waals surface area contributed by atoms with Gasteiger partial charge in [-0.3, -0.25) is 0 Å². The van der Waals surface area contributed by atoms with Crippen molar-refractivity contribution in [2.45, 2.75) is 45.1 Å². The number of hydrogen-bond donors (Lipinski definition) is 1. The lowest BCUT2D eigenvalue weighted by atomic mass is 9.77. The number of aromatic nitrogens is 2. The molecule has 1 aliphatic carbocycles. The van der Waals surface area contributed by atoms with Crippen molar-refractivity contribution in [3.05, 3.63) is 48.3 Å². The van der Waals surface area contributed by atoms with E-state index in [0.717, 1.165) is 30.1 Å². The summed E-state index contributed by atoms with van der Waals surface area (Å²) in [6, 6.07) is 12.0. The minimum Gasteiger partial charge on any atom is -0.387 e. The van der Waals surface area contributed by atoms with Gasteiger partial charge in [-0.25, -0.2) is 4.68 Å². The fourth-order valence-corrected chi connectivity index (χ4v) is 3.55. The van der Waals surface area contributed by atoms with E-state index in [1.165, 1.54) is 19.3 Å². The normalized spacial score (nSPS) is 23.9. The number of para-hydroxylation sites is 1. The number of aliphatic hydroxyl groups is 1. The highest BCUT2D eigenvalue weighted by atomic mass is 16.3. The third-order valence-electron chi connectivity index (χ3n) is 4.82. The maximum Gasteiger partial charge on any atom is 0.0989 e. The van der Waals surface area contributed by atoms with Gasteiger partial charge in [0.25, 0.3) is 0 Å². The molecule has 0 saturated heterocycles. The molecule has 1 saturated carbocycles. The topological polar surface area (TPSA) is 38.1 Å². The quantitative estimate of drug-likeness (QED) is 0.917. The van der Waals surface area contributed by atoms with Crippen LogP contribution in [-0.4, -0.2) is 14.9 Å². The first-order chi connectivity index (χ1) is 10.3. The molecule has 3 rings (SSSR count). The number of nitrogens with zero attached hydrogens (tertiary/aromatic N) is 2. The first-order valence-corrected chi connectivity index (χ1v) is 8.07. The monoisotopic (exact) mass is 284 g/mol. The Hall–Kier alpha value is -1.61. The van der Waals surface area contributed by atoms with Crippen molar-refractivity contribution in [2.75, 3.05) is 0 Å². The van der Waals surface area contributed by atoms with Gasteiger partial charge in [0.2, 0.25) is 0 Å². The molecular weight excluding hydrogens is 260 g/mol. The Kier molecular flexibility index (Phi) is 4.39. The van der Waals surface area contributed by atoms with Gasteiger partial charge < -0.3 is 5.11 Å². The van der Waals surface area contributed by atoms with E-state index in [9.17, 15) is 5.11 Å². The van der Waals surface area contributed by atoms with Crippen molar-refractivity contribution in [2.24, 2.45) is 11.8 Å². The second kappa shape index (κ2) is 6.44. The predicted octanol–water partition coefficient (Wildman–Crippen LogP) is 4.12. The van der Waals surface area contributed by atoms with Crippen LogP contribution in [0.25, 0.3) is 5.69 Å². The zero-order valence-electron chi connectivity index (χ0n) is 12.7. The molecule has 0 aliphatic heterocycles. The number of rotatable bonds is 4. The molecule has 3 heteroatoms. The van der Waals surface area contributed by atoms with Crippen molar-refractivity contribution in [1.82, 2.24) is 9.78 Å². The minimum absolute atomic E-state index is 0.364. The van der Waals surface area contributed by atoms with Crippen LogP contribution in [0.15, 0.2) is 42.6 Å². The largest absolute Gasteiger partial charge is 0.387 e. The van der Waals surface area contributed by atoms with Crippen LogP contribution in [0.1, 0.15) is 50.8 Å². The Morgan fingerprint density at radius 2 is 2.05 bits per heavy atom. The molecule has 0 bridgehead atoms. The van der Waals surface area contributed by atoms with Crippen LogP contribution < -0.4 is 0 Å². The van der Waals surface area contributed by atoms with Crippen molar-refractivity contribution in [1.29, 1.82) is 0 Å². The lowest BCUT2D eigenvalue weighted by Gasteiger charge is -2.32. The van der Waals surface area contributed by atoms with Crippen LogP contribution in [0.4, 0.5) is 0 Å². The molecule has 112 valence electrons. The number of hydrogen-bond acceptors (Lipinski definition) is 2. The van der Waals surface area contributed by atoms with E-state index in [4.69, 9.17) is 0 Å². The molecule has 3 unspecified atom stereocenters. The van der Waals surface area contributed by atoms with E-state index in [-0.39, 0.29) is 0 Å². The molecule has 3 nitrogen and oxygen atoms in total. The summed E-state index contributed by atoms with van der Waals surface area (Å²) < 4.78 is 1.88. The van der Waals surface area contributed by atoms with Gasteiger partial charge in [0.05, 0.1) is 17.5 Å². The van der Waals surface area contributed by atoms with Crippen LogP contribution >= 0.6 is 0 Å². The maximum atomic E-state index is 10.8. The molecule has 1 N–H and O–H groups in total. The van der Waals surface area contributed by atoms with Gasteiger partial charge in [0.1, 0.15) is 0 Å². The molecule has 21 heavy (non-hydrogen) atoms. The Morgan fingerprint density at radius 3 is 2.81 bits per heavy atom. The highest BCUT2D eigenvalue weighted by molar-refractivity contribution is 5.32. The van der Waals surface area contributed by atoms with Gasteiger partial charge in [-0.1, -0.05) is 44.4 Å². The van der Waals surface area contributed by atoms with Crippen LogP contribution in [0, 0.1) is 11.8 Å². The molecule has 0 amide bonds. The first kappa shape index (κ1) is 14.3. The van der Waals surface area contributed by atoms with E-state index >= 15 is 0 Å². The molecule has 1 aromatic heterocycles. The van der Waals surface area contributed by atoms with Gasteiger partial charge >= 0.3 is 0 Å². The Morgan fingerprint density at radius 1 is 1.24 bits per heavy atom. The van der Waals surface area contributed by atoms with Crippen molar-refractivity contribution in [3.8, 4) is 5.69 Å². The van der Waals surface area contributed by atoms with Crippen LogP contribution in [0.3, 0.4) is 0 Å². The van der Waals surface area contributed by atoms with Gasteiger partial charge in [-0.05, 0) is 42.9 Å². The fraction of sp³-hybridized carbons (Fsp3) is 0.500. The average Bonchev–Trinajstić information content (AvgIpc) is 3.04. The number of aliphatic hydroxyl groups excluding tert-OH is 1. The molecule has 0 radical (unpaired) electrons. The van der Waals surface area contributed by atoms with Crippen LogP contribution in [-0.2, 0) is 0 Å². The summed E-state index contributed by atoms with van der Waals surface area (Å²) in [4.78, 5) is 0. The van der Waals surface area contributed by atoms with Crippen molar-refractivity contribution < 1.29 is 5.11 Å². The molecule has 1 heterocycles. The molecule has 2 aromatic rings. The minimum atomic E-state index is -0.415. The Labute approximate surface area is 126 Å². The molecule has 1 aliphatic rings. The second-order valence-corrected chi connectivity index (χ2v) is 6.15. The highest BCUT2D eigenvalue weighted by Crippen LogP contribution is 2.38. The summed E-state index contributed by atoms with van der Waals surface area (Å²) in [6.07, 6.45) is 7.40. The van der Waals surface area contributed by atoms with Crippen LogP contribution in [0.5, 0.6) is 0 Å². The molecule has 1 aromatic carbocycles. The molecule has 3 atom stereocenters. The van der Waals surface area contributed by atoms with E-state index in [2.05, 4.69) is 12.0 Å². The summed E-state index contributed by atoms with van der Waals surface area (Å²) in [5.41, 5.74) is 1.93. The summed E-state index contributed by atoms with van der Waals surface area (Å²) in [5.74, 6) is 1.13. The predicted molar refractivity (Wildman–Crippen MR) is 84.3 cm³/mol. The summed E-state index contributed by atoms with van der Waals surface area (Å²) >= 11 is 0. The Bertz CT molecular complexity index is 564. The van der Waals surface area contributed by atoms with Gasteiger partial charge in [0, 0.05) is 6.20 Å². The molecular formula is C18H24N2O. The standard InChI is InChI=1S/C18H24N2O/c1-2-14-7-6-8-15(13-14)18(21)17-11-12-19-20(17)16-9-4-3-5-10-16/h3-5,9-12,14-15,18,21H,2,6-8,13H2,1H3. The average molecular weight is 284 g/mol. The summed E-state index contributed by atoms with van der Waals surface area (Å²) in [6.45, 7) is 2.26. The first-order valence-electron chi connectivity index (χ1n) is 8.07. The van der Waals surface area contributed by atoms with E-state index < -0.39 is 6.10 Å². The van der Waals surface area contributed by atoms with Crippen LogP contribution in [0.2, 0.25) is 0 Å². The second-order valence-electron chi connectivity index (χ2n) is 6.15. The fourth-order valence-electron chi connectivity index (χ4n) is 3.55. The van der Waals surface area contributed by atoms with E-state index in [1.807, 2.05) is 41.1 Å². The third kappa shape index (κ3) is 3.03. The Balaban J connectivity index is 1.82. The summed E-state index contributed by atoms with van der Waals surface area (Å²) in [7, 11) is 0. The van der Waals surface area contributed by atoms with E-state index in [0.29, 0.717) is 5.92 Å². The van der Waals surface area contributed by atoms with Crippen molar-refractivity contribution in [3.63, 3.8) is 0 Å². The van der Waals surface area contributed by atoms with E-state index in [1.54, 1.807) is 6.20 Å². The lowest BCUT2D eigenvalue weighted by Crippen LogP contribution is -2.23. The summed E-state index contributed by atoms with van der Waals surface area (Å²) in [5, 5.41) is 15.2. The molecule has 1 fully saturated rings. The van der Waals surface area contributed by atoms with Gasteiger partial charge in [-0.15, -0.1) is 0 Å². The zero-order chi connectivity index (χ0) is 14.7. The number of benzene rings is 1. The molecule has 0 spiro atoms. The highest BCUT2D eigenvalue weighted by Gasteiger charge is 2.29. The SMILES string of the molecule is CCC1CCCC(C(O)c2ccnn2-c2ccccc2)C1. The van der Waals surface area contributed by atoms with Gasteiger partial charge in [-0.2, -0.15) is 5.10 Å². The van der Waals surface area contributed by atoms with Gasteiger partial charge in [0.15, 0.2) is 0 Å². The lowest BCUT2D eigenvalue weighted by molar-refractivity contribution is 0.0627. The zero-order valence-corrected chi connectivity index (χ0v) is 12.7. The third-order valence-corrected chi connectivity index (χ3v) is 4.82. The maximum absolute atomic E-state index is 10.8. The smallest absolute Gasteiger partial charge is 0.0989 e.